The van der Waals surface area contributed by atoms with Crippen molar-refractivity contribution in [2.75, 3.05) is 5.73 Å². The fraction of sp³-hybridized carbons (Fsp3) is 0.176. The van der Waals surface area contributed by atoms with Gasteiger partial charge in [-0.2, -0.15) is 5.10 Å². The summed E-state index contributed by atoms with van der Waals surface area (Å²) in [5, 5.41) is 4.74. The molecule has 2 heterocycles. The van der Waals surface area contributed by atoms with Gasteiger partial charge in [-0.25, -0.2) is 4.68 Å². The monoisotopic (exact) mass is 278 g/mol. The number of aromatic nitrogens is 3. The van der Waals surface area contributed by atoms with Gasteiger partial charge in [0.25, 0.3) is 0 Å². The third-order valence-corrected chi connectivity index (χ3v) is 3.49. The zero-order valence-corrected chi connectivity index (χ0v) is 12.2. The first-order valence-corrected chi connectivity index (χ1v) is 7.02. The number of para-hydroxylation sites is 1. The Morgan fingerprint density at radius 1 is 1.00 bits per heavy atom. The Morgan fingerprint density at radius 3 is 2.29 bits per heavy atom. The molecule has 0 fully saturated rings. The van der Waals surface area contributed by atoms with Crippen molar-refractivity contribution in [1.29, 1.82) is 0 Å². The van der Waals surface area contributed by atoms with Gasteiger partial charge in [0, 0.05) is 23.5 Å². The van der Waals surface area contributed by atoms with Crippen molar-refractivity contribution in [1.82, 2.24) is 14.8 Å². The van der Waals surface area contributed by atoms with Gasteiger partial charge >= 0.3 is 0 Å². The van der Waals surface area contributed by atoms with E-state index in [1.54, 1.807) is 12.4 Å². The Bertz CT molecular complexity index is 730. The smallest absolute Gasteiger partial charge is 0.131 e. The lowest BCUT2D eigenvalue weighted by molar-refractivity contribution is 0.867. The first kappa shape index (κ1) is 13.4. The van der Waals surface area contributed by atoms with Gasteiger partial charge in [0.2, 0.25) is 0 Å². The van der Waals surface area contributed by atoms with Gasteiger partial charge in [-0.05, 0) is 30.2 Å². The second kappa shape index (κ2) is 5.40. The molecule has 0 spiro atoms. The maximum absolute atomic E-state index is 6.36. The van der Waals surface area contributed by atoms with Crippen molar-refractivity contribution >= 4 is 5.82 Å². The highest BCUT2D eigenvalue weighted by atomic mass is 15.3. The molecule has 106 valence electrons. The van der Waals surface area contributed by atoms with Crippen LogP contribution in [0.3, 0.4) is 0 Å². The molecular weight excluding hydrogens is 260 g/mol. The lowest BCUT2D eigenvalue weighted by Gasteiger charge is -2.07. The van der Waals surface area contributed by atoms with Gasteiger partial charge in [-0.1, -0.05) is 32.0 Å². The summed E-state index contributed by atoms with van der Waals surface area (Å²) in [5.74, 6) is 0.994. The maximum Gasteiger partial charge on any atom is 0.131 e. The van der Waals surface area contributed by atoms with Crippen LogP contribution in [0.15, 0.2) is 54.9 Å². The first-order valence-electron chi connectivity index (χ1n) is 7.02. The van der Waals surface area contributed by atoms with E-state index < -0.39 is 0 Å². The third kappa shape index (κ3) is 2.40. The number of hydrogen-bond donors (Lipinski definition) is 1. The Hall–Kier alpha value is -2.62. The average molecular weight is 278 g/mol. The van der Waals surface area contributed by atoms with Gasteiger partial charge in [-0.3, -0.25) is 4.98 Å². The lowest BCUT2D eigenvalue weighted by atomic mass is 9.99. The van der Waals surface area contributed by atoms with Crippen LogP contribution in [0.5, 0.6) is 0 Å². The van der Waals surface area contributed by atoms with Crippen LogP contribution in [0.2, 0.25) is 0 Å². The average Bonchev–Trinajstić information content (AvgIpc) is 2.87. The van der Waals surface area contributed by atoms with Crippen molar-refractivity contribution in [2.45, 2.75) is 19.8 Å². The normalized spacial score (nSPS) is 11.0. The molecule has 3 aromatic rings. The van der Waals surface area contributed by atoms with Gasteiger partial charge in [0.15, 0.2) is 0 Å². The highest BCUT2D eigenvalue weighted by Gasteiger charge is 2.20. The molecule has 2 N–H and O–H groups in total. The summed E-state index contributed by atoms with van der Waals surface area (Å²) in [7, 11) is 0. The highest BCUT2D eigenvalue weighted by molar-refractivity contribution is 5.70. The molecule has 2 aromatic heterocycles. The summed E-state index contributed by atoms with van der Waals surface area (Å²) in [6, 6.07) is 13.9. The minimum atomic E-state index is 0.297. The first-order chi connectivity index (χ1) is 10.2. The fourth-order valence-electron chi connectivity index (χ4n) is 2.50. The predicted molar refractivity (Wildman–Crippen MR) is 85.3 cm³/mol. The molecule has 0 saturated carbocycles. The van der Waals surface area contributed by atoms with E-state index in [2.05, 4.69) is 18.8 Å². The summed E-state index contributed by atoms with van der Waals surface area (Å²) >= 11 is 0. The summed E-state index contributed by atoms with van der Waals surface area (Å²) < 4.78 is 1.81. The minimum Gasteiger partial charge on any atom is -0.383 e. The second-order valence-corrected chi connectivity index (χ2v) is 5.29. The quantitative estimate of drug-likeness (QED) is 0.795. The fourth-order valence-corrected chi connectivity index (χ4v) is 2.50. The van der Waals surface area contributed by atoms with Crippen molar-refractivity contribution in [3.8, 4) is 16.9 Å². The number of rotatable bonds is 3. The Balaban J connectivity index is 2.22. The van der Waals surface area contributed by atoms with Crippen LogP contribution in [-0.2, 0) is 0 Å². The van der Waals surface area contributed by atoms with E-state index >= 15 is 0 Å². The molecule has 0 atom stereocenters. The number of pyridine rings is 1. The highest BCUT2D eigenvalue weighted by Crippen LogP contribution is 2.34. The van der Waals surface area contributed by atoms with Crippen LogP contribution in [0.4, 0.5) is 5.82 Å². The Morgan fingerprint density at radius 2 is 1.67 bits per heavy atom. The molecule has 0 unspecified atom stereocenters. The molecule has 0 aliphatic carbocycles. The maximum atomic E-state index is 6.36. The van der Waals surface area contributed by atoms with Crippen molar-refractivity contribution in [3.63, 3.8) is 0 Å². The largest absolute Gasteiger partial charge is 0.383 e. The number of nitrogen functional groups attached to an aromatic ring is 1. The van der Waals surface area contributed by atoms with E-state index in [0.717, 1.165) is 22.5 Å². The van der Waals surface area contributed by atoms with E-state index in [1.165, 1.54) is 0 Å². The minimum absolute atomic E-state index is 0.297. The zero-order chi connectivity index (χ0) is 14.8. The molecule has 4 nitrogen and oxygen atoms in total. The molecule has 0 bridgehead atoms. The second-order valence-electron chi connectivity index (χ2n) is 5.29. The van der Waals surface area contributed by atoms with Gasteiger partial charge < -0.3 is 5.73 Å². The summed E-state index contributed by atoms with van der Waals surface area (Å²) in [6.07, 6.45) is 3.55. The van der Waals surface area contributed by atoms with E-state index in [1.807, 2.05) is 47.1 Å². The van der Waals surface area contributed by atoms with Crippen LogP contribution in [0.1, 0.15) is 25.3 Å². The third-order valence-electron chi connectivity index (χ3n) is 3.49. The predicted octanol–water partition coefficient (Wildman–Crippen LogP) is 3.64. The van der Waals surface area contributed by atoms with E-state index in [0.29, 0.717) is 11.7 Å². The van der Waals surface area contributed by atoms with Crippen LogP contribution >= 0.6 is 0 Å². The molecular formula is C17H18N4. The molecule has 0 saturated heterocycles. The molecule has 4 heteroatoms. The molecule has 21 heavy (non-hydrogen) atoms. The number of anilines is 1. The molecule has 0 amide bonds. The number of hydrogen-bond acceptors (Lipinski definition) is 3. The molecule has 0 aliphatic rings. The van der Waals surface area contributed by atoms with Gasteiger partial charge in [0.1, 0.15) is 5.82 Å². The van der Waals surface area contributed by atoms with E-state index in [4.69, 9.17) is 10.8 Å². The van der Waals surface area contributed by atoms with Crippen LogP contribution in [-0.4, -0.2) is 14.8 Å². The molecule has 0 radical (unpaired) electrons. The van der Waals surface area contributed by atoms with Crippen molar-refractivity contribution < 1.29 is 0 Å². The molecule has 1 aromatic carbocycles. The Labute approximate surface area is 124 Å². The van der Waals surface area contributed by atoms with Gasteiger partial charge in [0.05, 0.1) is 11.4 Å². The zero-order valence-electron chi connectivity index (χ0n) is 12.2. The number of benzene rings is 1. The van der Waals surface area contributed by atoms with Gasteiger partial charge in [-0.15, -0.1) is 0 Å². The number of nitrogens with zero attached hydrogens (tertiary/aromatic N) is 3. The lowest BCUT2D eigenvalue weighted by Crippen LogP contribution is -2.03. The van der Waals surface area contributed by atoms with Crippen molar-refractivity contribution in [2.24, 2.45) is 0 Å². The Kier molecular flexibility index (Phi) is 3.44. The molecule has 3 rings (SSSR count). The topological polar surface area (TPSA) is 56.7 Å². The van der Waals surface area contributed by atoms with Crippen LogP contribution < -0.4 is 5.73 Å². The molecule has 0 aliphatic heterocycles. The summed E-state index contributed by atoms with van der Waals surface area (Å²) in [6.45, 7) is 4.26. The summed E-state index contributed by atoms with van der Waals surface area (Å²) in [4.78, 5) is 4.07. The number of nitrogens with two attached hydrogens (primary N) is 1. The van der Waals surface area contributed by atoms with E-state index in [-0.39, 0.29) is 0 Å². The SMILES string of the molecule is CC(C)c1c(-c2ccncc2)nn(-c2ccccc2)c1N. The van der Waals surface area contributed by atoms with Crippen LogP contribution in [0.25, 0.3) is 16.9 Å². The van der Waals surface area contributed by atoms with Crippen molar-refractivity contribution in [3.05, 3.63) is 60.4 Å². The summed E-state index contributed by atoms with van der Waals surface area (Å²) in [5.41, 5.74) is 10.4. The standard InChI is InChI=1S/C17H18N4/c1-12(2)15-16(13-8-10-19-11-9-13)20-21(17(15)18)14-6-4-3-5-7-14/h3-12H,18H2,1-2H3. The van der Waals surface area contributed by atoms with Crippen LogP contribution in [0, 0.1) is 0 Å². The van der Waals surface area contributed by atoms with E-state index in [9.17, 15) is 0 Å².